The van der Waals surface area contributed by atoms with Crippen molar-refractivity contribution in [3.8, 4) is 17.4 Å². The summed E-state index contributed by atoms with van der Waals surface area (Å²) in [6.07, 6.45) is 5.39. The summed E-state index contributed by atoms with van der Waals surface area (Å²) in [6, 6.07) is 16.4. The monoisotopic (exact) mass is 782 g/mol. The Morgan fingerprint density at radius 2 is 1.39 bits per heavy atom. The van der Waals surface area contributed by atoms with Crippen molar-refractivity contribution in [3.05, 3.63) is 102 Å². The van der Waals surface area contributed by atoms with Crippen molar-refractivity contribution >= 4 is 50.5 Å². The average Bonchev–Trinajstić information content (AvgIpc) is 3.91. The van der Waals surface area contributed by atoms with Gasteiger partial charge in [0.25, 0.3) is 0 Å². The zero-order valence-corrected chi connectivity index (χ0v) is 31.6. The predicted molar refractivity (Wildman–Crippen MR) is 205 cm³/mol. The summed E-state index contributed by atoms with van der Waals surface area (Å²) in [6.45, 7) is 3.28. The van der Waals surface area contributed by atoms with Crippen molar-refractivity contribution in [2.45, 2.75) is 18.4 Å². The van der Waals surface area contributed by atoms with E-state index in [2.05, 4.69) is 45.3 Å². The molecule has 2 aromatic carbocycles. The Balaban J connectivity index is 0.000000159. The second kappa shape index (κ2) is 15.9. The maximum atomic E-state index is 13.4. The number of anilines is 1. The topological polar surface area (TPSA) is 155 Å². The Hall–Kier alpha value is -6.14. The molecule has 2 saturated heterocycles. The largest absolute Gasteiger partial charge is 0.481 e. The fourth-order valence-corrected chi connectivity index (χ4v) is 7.22. The molecule has 7 heterocycles. The Morgan fingerprint density at radius 1 is 0.786 bits per heavy atom. The molecule has 0 radical (unpaired) electrons. The number of nitrogens with zero attached hydrogens (tertiary/aromatic N) is 10. The van der Waals surface area contributed by atoms with Gasteiger partial charge in [0.15, 0.2) is 22.2 Å². The minimum absolute atomic E-state index is 0.154. The number of fused-ring (bicyclic) bond motifs is 2. The van der Waals surface area contributed by atoms with Crippen molar-refractivity contribution in [1.82, 2.24) is 39.9 Å². The summed E-state index contributed by atoms with van der Waals surface area (Å²) in [7, 11) is 4.77. The lowest BCUT2D eigenvalue weighted by atomic mass is 9.94. The third kappa shape index (κ3) is 7.32. The van der Waals surface area contributed by atoms with E-state index in [9.17, 15) is 8.78 Å². The molecule has 5 aromatic heterocycles. The summed E-state index contributed by atoms with van der Waals surface area (Å²) in [4.78, 5) is 17.4. The van der Waals surface area contributed by atoms with Gasteiger partial charge in [0.05, 0.1) is 49.4 Å². The van der Waals surface area contributed by atoms with Gasteiger partial charge in [0.2, 0.25) is 17.7 Å². The standard InChI is InChI=1S/C20H19FN6O3.C18H17FN4O2S/c1-28-11-17-23-24-20(27(17)14-4-6-18(29-2)22-8-14)26-9-12(10-26)19-15-5-3-13(21)7-16(15)30-25-19;1-24-16-6-4-13(8-20-16)21-18(26-2)23-9-11(10-23)17-14-5-3-12(19)7-15(14)25-22-17/h3-8,12H,9-11H2,1-2H3;3-8,11H,9-10H2,1-2H3. The first kappa shape index (κ1) is 36.8. The Kier molecular flexibility index (Phi) is 10.5. The normalized spacial score (nSPS) is 14.8. The molecule has 2 aliphatic heterocycles. The van der Waals surface area contributed by atoms with Crippen molar-refractivity contribution < 1.29 is 32.0 Å². The lowest BCUT2D eigenvalue weighted by Gasteiger charge is -2.39. The van der Waals surface area contributed by atoms with Crippen LogP contribution in [0.25, 0.3) is 27.6 Å². The number of likely N-dealkylation sites (tertiary alicyclic amines) is 1. The lowest BCUT2D eigenvalue weighted by Crippen LogP contribution is -2.47. The maximum Gasteiger partial charge on any atom is 0.232 e. The summed E-state index contributed by atoms with van der Waals surface area (Å²) in [5, 5.41) is 19.6. The highest BCUT2D eigenvalue weighted by Crippen LogP contribution is 2.36. The van der Waals surface area contributed by atoms with Gasteiger partial charge in [0.1, 0.15) is 18.2 Å². The zero-order valence-electron chi connectivity index (χ0n) is 30.8. The molecule has 0 unspecified atom stereocenters. The second-order valence-electron chi connectivity index (χ2n) is 13.0. The molecule has 9 rings (SSSR count). The number of thioether (sulfide) groups is 1. The van der Waals surface area contributed by atoms with E-state index in [0.717, 1.165) is 51.8 Å². The van der Waals surface area contributed by atoms with Crippen LogP contribution in [0.4, 0.5) is 20.4 Å². The van der Waals surface area contributed by atoms with Gasteiger partial charge in [-0.15, -0.1) is 10.2 Å². The molecule has 15 nitrogen and oxygen atoms in total. The first-order chi connectivity index (χ1) is 27.3. The van der Waals surface area contributed by atoms with E-state index in [1.54, 1.807) is 69.8 Å². The molecule has 0 saturated carbocycles. The molecule has 56 heavy (non-hydrogen) atoms. The molecule has 0 bridgehead atoms. The molecular formula is C38H36F2N10O5S. The number of halogens is 2. The zero-order chi connectivity index (χ0) is 38.8. The van der Waals surface area contributed by atoms with E-state index < -0.39 is 0 Å². The van der Waals surface area contributed by atoms with Crippen LogP contribution in [0.3, 0.4) is 0 Å². The highest BCUT2D eigenvalue weighted by Gasteiger charge is 2.36. The number of methoxy groups -OCH3 is 3. The minimum Gasteiger partial charge on any atom is -0.481 e. The van der Waals surface area contributed by atoms with Gasteiger partial charge in [-0.1, -0.05) is 22.1 Å². The van der Waals surface area contributed by atoms with Crippen LogP contribution in [0.1, 0.15) is 29.0 Å². The van der Waals surface area contributed by atoms with Crippen LogP contribution >= 0.6 is 11.8 Å². The third-order valence-electron chi connectivity index (χ3n) is 9.53. The molecule has 18 heteroatoms. The second-order valence-corrected chi connectivity index (χ2v) is 13.8. The number of aromatic nitrogens is 7. The number of hydrogen-bond donors (Lipinski definition) is 0. The molecule has 2 fully saturated rings. The van der Waals surface area contributed by atoms with Crippen molar-refractivity contribution in [2.24, 2.45) is 4.99 Å². The molecular weight excluding hydrogens is 747 g/mol. The van der Waals surface area contributed by atoms with Crippen LogP contribution in [0.5, 0.6) is 11.8 Å². The van der Waals surface area contributed by atoms with Crippen LogP contribution in [-0.2, 0) is 11.3 Å². The Labute approximate surface area is 323 Å². The number of benzene rings is 2. The lowest BCUT2D eigenvalue weighted by molar-refractivity contribution is 0.176. The number of rotatable bonds is 9. The number of ether oxygens (including phenoxy) is 3. The van der Waals surface area contributed by atoms with Gasteiger partial charge < -0.3 is 33.1 Å². The van der Waals surface area contributed by atoms with Crippen LogP contribution in [0.2, 0.25) is 0 Å². The number of hydrogen-bond acceptors (Lipinski definition) is 14. The summed E-state index contributed by atoms with van der Waals surface area (Å²) in [5.74, 6) is 2.20. The van der Waals surface area contributed by atoms with Gasteiger partial charge in [-0.3, -0.25) is 4.57 Å². The van der Waals surface area contributed by atoms with E-state index in [4.69, 9.17) is 23.3 Å². The van der Waals surface area contributed by atoms with Crippen LogP contribution in [0.15, 0.2) is 87.1 Å². The molecule has 0 amide bonds. The van der Waals surface area contributed by atoms with Crippen LogP contribution in [-0.4, -0.2) is 98.9 Å². The number of pyridine rings is 2. The van der Waals surface area contributed by atoms with Gasteiger partial charge in [-0.05, 0) is 42.7 Å². The van der Waals surface area contributed by atoms with Gasteiger partial charge >= 0.3 is 0 Å². The fraction of sp³-hybridized carbons (Fsp3) is 0.289. The van der Waals surface area contributed by atoms with Gasteiger partial charge in [-0.2, -0.15) is 0 Å². The highest BCUT2D eigenvalue weighted by molar-refractivity contribution is 8.13. The van der Waals surface area contributed by atoms with E-state index in [0.29, 0.717) is 54.4 Å². The van der Waals surface area contributed by atoms with E-state index >= 15 is 0 Å². The van der Waals surface area contributed by atoms with Gasteiger partial charge in [0, 0.05) is 80.2 Å². The number of aliphatic imine (C=N–C) groups is 1. The molecule has 0 aliphatic carbocycles. The van der Waals surface area contributed by atoms with E-state index in [1.165, 1.54) is 24.3 Å². The Morgan fingerprint density at radius 3 is 1.93 bits per heavy atom. The third-order valence-corrected chi connectivity index (χ3v) is 10.2. The minimum atomic E-state index is -0.340. The average molecular weight is 783 g/mol. The first-order valence-corrected chi connectivity index (χ1v) is 18.7. The van der Waals surface area contributed by atoms with Crippen LogP contribution in [0, 0.1) is 11.6 Å². The summed E-state index contributed by atoms with van der Waals surface area (Å²) >= 11 is 1.59. The first-order valence-electron chi connectivity index (χ1n) is 17.5. The number of amidine groups is 1. The maximum absolute atomic E-state index is 13.4. The smallest absolute Gasteiger partial charge is 0.232 e. The van der Waals surface area contributed by atoms with Crippen molar-refractivity contribution in [3.63, 3.8) is 0 Å². The molecule has 7 aromatic rings. The Bertz CT molecular complexity index is 2480. The fourth-order valence-electron chi connectivity index (χ4n) is 6.61. The van der Waals surface area contributed by atoms with Crippen molar-refractivity contribution in [2.75, 3.05) is 58.7 Å². The molecule has 2 aliphatic rings. The molecule has 0 atom stereocenters. The molecule has 0 N–H and O–H groups in total. The molecule has 288 valence electrons. The van der Waals surface area contributed by atoms with E-state index in [-0.39, 0.29) is 23.5 Å². The predicted octanol–water partition coefficient (Wildman–Crippen LogP) is 6.52. The quantitative estimate of drug-likeness (QED) is 0.115. The van der Waals surface area contributed by atoms with E-state index in [1.807, 2.05) is 23.0 Å². The summed E-state index contributed by atoms with van der Waals surface area (Å²) in [5.41, 5.74) is 4.24. The van der Waals surface area contributed by atoms with Crippen molar-refractivity contribution in [1.29, 1.82) is 0 Å². The SMILES string of the molecule is COCc1nnc(N2CC(c3noc4cc(F)ccc34)C2)n1-c1ccc(OC)nc1.COc1ccc(N=C(SC)N2CC(c3noc4cc(F)ccc34)C2)cn1. The van der Waals surface area contributed by atoms with Gasteiger partial charge in [-0.25, -0.2) is 23.7 Å². The molecule has 0 spiro atoms. The summed E-state index contributed by atoms with van der Waals surface area (Å²) < 4.78 is 54.7. The van der Waals surface area contributed by atoms with Crippen LogP contribution < -0.4 is 14.4 Å². The highest BCUT2D eigenvalue weighted by atomic mass is 32.2.